The van der Waals surface area contributed by atoms with Crippen LogP contribution in [0.4, 0.5) is 0 Å². The Kier molecular flexibility index (Phi) is 7.49. The van der Waals surface area contributed by atoms with Gasteiger partial charge in [0.2, 0.25) is 0 Å². The average molecular weight is 372 g/mol. The molecule has 2 atom stereocenters. The van der Waals surface area contributed by atoms with Crippen molar-refractivity contribution in [1.82, 2.24) is 0 Å². The summed E-state index contributed by atoms with van der Waals surface area (Å²) in [5.74, 6) is -0.0687. The zero-order valence-corrected chi connectivity index (χ0v) is 15.5. The van der Waals surface area contributed by atoms with E-state index in [2.05, 4.69) is 0 Å². The summed E-state index contributed by atoms with van der Waals surface area (Å²) in [5.41, 5.74) is 0.679. The molecule has 0 unspecified atom stereocenters. The van der Waals surface area contributed by atoms with Crippen LogP contribution in [0.1, 0.15) is 31.2 Å². The minimum absolute atomic E-state index is 0.0152. The monoisotopic (exact) mass is 372 g/mol. The highest BCUT2D eigenvalue weighted by Crippen LogP contribution is 2.27. The Labute approximate surface area is 158 Å². The molecule has 0 aromatic heterocycles. The normalized spacial score (nSPS) is 20.3. The maximum Gasteiger partial charge on any atom is 0.163 e. The molecule has 1 N–H and O–H groups in total. The fourth-order valence-electron chi connectivity index (χ4n) is 2.94. The molecule has 27 heavy (non-hydrogen) atoms. The highest BCUT2D eigenvalue weighted by Gasteiger charge is 2.27. The number of methoxy groups -OCH3 is 2. The molecule has 1 aromatic carbocycles. The van der Waals surface area contributed by atoms with E-state index in [4.69, 9.17) is 9.47 Å². The number of hydrogen-bond donors (Lipinski definition) is 1. The van der Waals surface area contributed by atoms with Crippen LogP contribution in [0.2, 0.25) is 0 Å². The molecule has 0 aliphatic heterocycles. The Bertz CT molecular complexity index is 762. The van der Waals surface area contributed by atoms with E-state index in [0.29, 0.717) is 30.6 Å². The van der Waals surface area contributed by atoms with Gasteiger partial charge in [0.1, 0.15) is 6.10 Å². The number of Topliss-reactive ketones (excluding diaryl/α,β-unsaturated/α-hetero) is 1. The van der Waals surface area contributed by atoms with Crippen LogP contribution < -0.4 is 4.74 Å². The lowest BCUT2D eigenvalue weighted by atomic mass is 9.86. The zero-order chi connectivity index (χ0) is 19.8. The van der Waals surface area contributed by atoms with Gasteiger partial charge in [0.25, 0.3) is 0 Å². The first-order valence-corrected chi connectivity index (χ1v) is 8.77. The van der Waals surface area contributed by atoms with Crippen LogP contribution in [0, 0.1) is 5.92 Å². The molecule has 6 nitrogen and oxygen atoms in total. The number of carbonyl (C=O) groups is 3. The van der Waals surface area contributed by atoms with E-state index in [0.717, 1.165) is 0 Å². The lowest BCUT2D eigenvalue weighted by molar-refractivity contribution is -0.132. The predicted molar refractivity (Wildman–Crippen MR) is 101 cm³/mol. The quantitative estimate of drug-likeness (QED) is 0.557. The van der Waals surface area contributed by atoms with E-state index < -0.39 is 6.10 Å². The standard InChI is InChI=1S/C21H24O6/c1-26-20-11-14(5-9-18(20)24)3-7-16(22)13-17(23)8-4-15-6-10-19(25)21(12-15)27-2/h3-5,7-9,11,15,21,24H,6,10,12-13H2,1-2H3/b7-3+,8-4+/t15-,21+/m1/s1. The lowest BCUT2D eigenvalue weighted by Crippen LogP contribution is -2.30. The number of hydrogen-bond acceptors (Lipinski definition) is 6. The number of phenolic OH excluding ortho intramolecular Hbond substituents is 1. The summed E-state index contributed by atoms with van der Waals surface area (Å²) in [7, 11) is 2.95. The van der Waals surface area contributed by atoms with Crippen molar-refractivity contribution in [3.63, 3.8) is 0 Å². The van der Waals surface area contributed by atoms with Gasteiger partial charge in [0.15, 0.2) is 28.8 Å². The number of phenols is 1. The van der Waals surface area contributed by atoms with Crippen LogP contribution in [0.3, 0.4) is 0 Å². The second kappa shape index (κ2) is 9.83. The number of rotatable bonds is 8. The van der Waals surface area contributed by atoms with Crippen molar-refractivity contribution in [1.29, 1.82) is 0 Å². The third-order valence-electron chi connectivity index (χ3n) is 4.49. The Morgan fingerprint density at radius 2 is 1.96 bits per heavy atom. The van der Waals surface area contributed by atoms with Crippen LogP contribution in [0.25, 0.3) is 6.08 Å². The maximum atomic E-state index is 12.0. The minimum Gasteiger partial charge on any atom is -0.504 e. The Morgan fingerprint density at radius 3 is 2.67 bits per heavy atom. The average Bonchev–Trinajstić information content (AvgIpc) is 2.66. The number of ether oxygens (including phenoxy) is 2. The number of aromatic hydroxyl groups is 1. The summed E-state index contributed by atoms with van der Waals surface area (Å²) in [4.78, 5) is 35.5. The third kappa shape index (κ3) is 6.18. The first-order chi connectivity index (χ1) is 12.9. The molecule has 0 amide bonds. The van der Waals surface area contributed by atoms with E-state index in [1.54, 1.807) is 24.3 Å². The molecular weight excluding hydrogens is 348 g/mol. The van der Waals surface area contributed by atoms with Gasteiger partial charge in [-0.05, 0) is 48.6 Å². The summed E-state index contributed by atoms with van der Waals surface area (Å²) in [6.07, 6.45) is 7.16. The zero-order valence-electron chi connectivity index (χ0n) is 15.5. The summed E-state index contributed by atoms with van der Waals surface area (Å²) in [5, 5.41) is 9.55. The van der Waals surface area contributed by atoms with Gasteiger partial charge >= 0.3 is 0 Å². The topological polar surface area (TPSA) is 89.9 Å². The fraction of sp³-hybridized carbons (Fsp3) is 0.381. The Hall–Kier alpha value is -2.73. The van der Waals surface area contributed by atoms with Gasteiger partial charge in [-0.25, -0.2) is 0 Å². The number of carbonyl (C=O) groups excluding carboxylic acids is 3. The summed E-state index contributed by atoms with van der Waals surface area (Å²) >= 11 is 0. The minimum atomic E-state index is -0.407. The Morgan fingerprint density at radius 1 is 1.22 bits per heavy atom. The number of ketones is 3. The van der Waals surface area contributed by atoms with Gasteiger partial charge in [-0.3, -0.25) is 14.4 Å². The van der Waals surface area contributed by atoms with E-state index in [9.17, 15) is 19.5 Å². The molecule has 1 aliphatic rings. The third-order valence-corrected chi connectivity index (χ3v) is 4.49. The van der Waals surface area contributed by atoms with E-state index in [1.807, 2.05) is 0 Å². The summed E-state index contributed by atoms with van der Waals surface area (Å²) in [6, 6.07) is 4.70. The molecule has 0 bridgehead atoms. The molecule has 144 valence electrons. The molecule has 1 aliphatic carbocycles. The van der Waals surface area contributed by atoms with Crippen molar-refractivity contribution in [2.24, 2.45) is 5.92 Å². The van der Waals surface area contributed by atoms with Crippen LogP contribution in [-0.2, 0) is 19.1 Å². The van der Waals surface area contributed by atoms with Crippen molar-refractivity contribution in [3.8, 4) is 11.5 Å². The van der Waals surface area contributed by atoms with Gasteiger partial charge < -0.3 is 14.6 Å². The van der Waals surface area contributed by atoms with Gasteiger partial charge in [-0.15, -0.1) is 0 Å². The van der Waals surface area contributed by atoms with Crippen molar-refractivity contribution in [2.75, 3.05) is 14.2 Å². The smallest absolute Gasteiger partial charge is 0.163 e. The SMILES string of the molecule is COc1cc(/C=C/C(=O)CC(=O)/C=C/[C@@H]2CCC(=O)[C@@H](OC)C2)ccc1O. The molecule has 0 radical (unpaired) electrons. The van der Waals surface area contributed by atoms with Gasteiger partial charge in [0, 0.05) is 13.5 Å². The molecule has 0 heterocycles. The largest absolute Gasteiger partial charge is 0.504 e. The highest BCUT2D eigenvalue weighted by molar-refractivity contribution is 6.09. The fourth-order valence-corrected chi connectivity index (χ4v) is 2.94. The van der Waals surface area contributed by atoms with Crippen molar-refractivity contribution < 1.29 is 29.0 Å². The second-order valence-electron chi connectivity index (χ2n) is 6.46. The molecule has 6 heteroatoms. The molecular formula is C21H24O6. The van der Waals surface area contributed by atoms with E-state index >= 15 is 0 Å². The van der Waals surface area contributed by atoms with Crippen molar-refractivity contribution >= 4 is 23.4 Å². The maximum absolute atomic E-state index is 12.0. The predicted octanol–water partition coefficient (Wildman–Crippen LogP) is 2.88. The van der Waals surface area contributed by atoms with Gasteiger partial charge in [0.05, 0.1) is 13.5 Å². The van der Waals surface area contributed by atoms with Crippen LogP contribution in [0.5, 0.6) is 11.5 Å². The molecule has 1 aromatic rings. The molecule has 0 spiro atoms. The molecule has 0 saturated heterocycles. The van der Waals surface area contributed by atoms with E-state index in [1.165, 1.54) is 32.4 Å². The van der Waals surface area contributed by atoms with E-state index in [-0.39, 0.29) is 35.4 Å². The lowest BCUT2D eigenvalue weighted by Gasteiger charge is -2.24. The first kappa shape index (κ1) is 20.6. The van der Waals surface area contributed by atoms with Crippen LogP contribution in [0.15, 0.2) is 36.4 Å². The summed E-state index contributed by atoms with van der Waals surface area (Å²) < 4.78 is 10.2. The Balaban J connectivity index is 1.86. The van der Waals surface area contributed by atoms with Crippen molar-refractivity contribution in [3.05, 3.63) is 42.0 Å². The van der Waals surface area contributed by atoms with Crippen molar-refractivity contribution in [2.45, 2.75) is 31.8 Å². The summed E-state index contributed by atoms with van der Waals surface area (Å²) in [6.45, 7) is 0. The molecule has 2 rings (SSSR count). The van der Waals surface area contributed by atoms with Crippen LogP contribution in [-0.4, -0.2) is 42.8 Å². The second-order valence-corrected chi connectivity index (χ2v) is 6.46. The first-order valence-electron chi connectivity index (χ1n) is 8.77. The number of benzene rings is 1. The highest BCUT2D eigenvalue weighted by atomic mass is 16.5. The van der Waals surface area contributed by atoms with Gasteiger partial charge in [-0.1, -0.05) is 18.2 Å². The molecule has 1 fully saturated rings. The molecule has 1 saturated carbocycles. The van der Waals surface area contributed by atoms with Gasteiger partial charge in [-0.2, -0.15) is 0 Å². The number of allylic oxidation sites excluding steroid dienone is 3. The van der Waals surface area contributed by atoms with Crippen LogP contribution >= 0.6 is 0 Å².